The molecule has 2 nitrogen and oxygen atoms in total. The van der Waals surface area contributed by atoms with Gasteiger partial charge in [-0.3, -0.25) is 4.79 Å². The molecule has 0 saturated carbocycles. The van der Waals surface area contributed by atoms with Gasteiger partial charge in [0, 0.05) is 18.2 Å². The number of rotatable bonds is 3. The molecule has 0 unspecified atom stereocenters. The van der Waals surface area contributed by atoms with Crippen molar-refractivity contribution in [2.75, 3.05) is 6.54 Å². The second kappa shape index (κ2) is 6.78. The quantitative estimate of drug-likeness (QED) is 0.799. The number of nitrogens with zero attached hydrogens (tertiary/aromatic N) is 1. The van der Waals surface area contributed by atoms with E-state index in [1.54, 1.807) is 0 Å². The summed E-state index contributed by atoms with van der Waals surface area (Å²) in [4.78, 5) is 14.8. The zero-order valence-corrected chi connectivity index (χ0v) is 13.2. The van der Waals surface area contributed by atoms with E-state index in [4.69, 9.17) is 0 Å². The van der Waals surface area contributed by atoms with Crippen molar-refractivity contribution in [2.45, 2.75) is 38.6 Å². The lowest BCUT2D eigenvalue weighted by atomic mass is 9.98. The molecule has 1 heterocycles. The molecule has 3 rings (SSSR count). The zero-order valence-electron chi connectivity index (χ0n) is 13.2. The van der Waals surface area contributed by atoms with Crippen LogP contribution < -0.4 is 0 Å². The third kappa shape index (κ3) is 3.06. The highest BCUT2D eigenvalue weighted by Gasteiger charge is 2.25. The predicted octanol–water partition coefficient (Wildman–Crippen LogP) is 4.76. The molecule has 1 fully saturated rings. The van der Waals surface area contributed by atoms with Crippen molar-refractivity contribution in [3.63, 3.8) is 0 Å². The van der Waals surface area contributed by atoms with Crippen LogP contribution >= 0.6 is 0 Å². The van der Waals surface area contributed by atoms with Gasteiger partial charge in [0.15, 0.2) is 0 Å². The summed E-state index contributed by atoms with van der Waals surface area (Å²) in [5, 5.41) is 0. The van der Waals surface area contributed by atoms with Gasteiger partial charge in [-0.2, -0.15) is 0 Å². The Hall–Kier alpha value is -2.09. The fourth-order valence-electron chi connectivity index (χ4n) is 3.29. The number of hydrogen-bond acceptors (Lipinski definition) is 1. The van der Waals surface area contributed by atoms with Crippen molar-refractivity contribution in [2.24, 2.45) is 0 Å². The molecule has 2 heteroatoms. The summed E-state index contributed by atoms with van der Waals surface area (Å²) in [7, 11) is 0. The highest BCUT2D eigenvalue weighted by Crippen LogP contribution is 2.24. The second-order valence-corrected chi connectivity index (χ2v) is 6.00. The Morgan fingerprint density at radius 1 is 1.00 bits per heavy atom. The molecule has 1 atom stereocenters. The molecular formula is C20H23NO. The Labute approximate surface area is 132 Å². The van der Waals surface area contributed by atoms with E-state index in [-0.39, 0.29) is 5.91 Å². The molecule has 1 saturated heterocycles. The molecule has 2 aromatic carbocycles. The first kappa shape index (κ1) is 14.8. The van der Waals surface area contributed by atoms with Crippen molar-refractivity contribution in [3.05, 3.63) is 60.2 Å². The number of amides is 1. The number of benzene rings is 2. The number of carbonyl (C=O) groups excluding carboxylic acids is 1. The molecule has 1 aliphatic rings. The average Bonchev–Trinajstić information content (AvgIpc) is 2.62. The molecule has 0 spiro atoms. The first-order valence-corrected chi connectivity index (χ1v) is 8.26. The zero-order chi connectivity index (χ0) is 15.4. The van der Waals surface area contributed by atoms with Gasteiger partial charge < -0.3 is 4.90 Å². The maximum absolute atomic E-state index is 12.7. The van der Waals surface area contributed by atoms with Crippen LogP contribution in [0.3, 0.4) is 0 Å². The number of piperidine rings is 1. The van der Waals surface area contributed by atoms with E-state index in [2.05, 4.69) is 24.0 Å². The lowest BCUT2D eigenvalue weighted by molar-refractivity contribution is 0.0608. The molecule has 1 amide bonds. The normalized spacial score (nSPS) is 18.2. The summed E-state index contributed by atoms with van der Waals surface area (Å²) in [6, 6.07) is 18.7. The maximum atomic E-state index is 12.7. The van der Waals surface area contributed by atoms with Crippen molar-refractivity contribution in [3.8, 4) is 11.1 Å². The third-order valence-electron chi connectivity index (χ3n) is 4.60. The van der Waals surface area contributed by atoms with Gasteiger partial charge >= 0.3 is 0 Å². The molecule has 0 aromatic heterocycles. The minimum absolute atomic E-state index is 0.186. The fourth-order valence-corrected chi connectivity index (χ4v) is 3.29. The van der Waals surface area contributed by atoms with Crippen LogP contribution in [-0.4, -0.2) is 23.4 Å². The van der Waals surface area contributed by atoms with Crippen LogP contribution in [0.1, 0.15) is 43.0 Å². The Balaban J connectivity index is 1.79. The number of hydrogen-bond donors (Lipinski definition) is 0. The predicted molar refractivity (Wildman–Crippen MR) is 90.8 cm³/mol. The average molecular weight is 293 g/mol. The highest BCUT2D eigenvalue weighted by atomic mass is 16.2. The van der Waals surface area contributed by atoms with Crippen LogP contribution in [0, 0.1) is 0 Å². The van der Waals surface area contributed by atoms with Crippen molar-refractivity contribution >= 4 is 5.91 Å². The lowest BCUT2D eigenvalue weighted by Crippen LogP contribution is -2.43. The van der Waals surface area contributed by atoms with Gasteiger partial charge in [-0.25, -0.2) is 0 Å². The first-order chi connectivity index (χ1) is 10.8. The van der Waals surface area contributed by atoms with E-state index in [0.29, 0.717) is 6.04 Å². The third-order valence-corrected chi connectivity index (χ3v) is 4.60. The van der Waals surface area contributed by atoms with Crippen molar-refractivity contribution in [1.29, 1.82) is 0 Å². The maximum Gasteiger partial charge on any atom is 0.254 e. The van der Waals surface area contributed by atoms with E-state index in [1.807, 2.05) is 42.5 Å². The molecular weight excluding hydrogens is 270 g/mol. The fraction of sp³-hybridized carbons (Fsp3) is 0.350. The molecule has 0 bridgehead atoms. The van der Waals surface area contributed by atoms with Crippen LogP contribution in [0.15, 0.2) is 54.6 Å². The summed E-state index contributed by atoms with van der Waals surface area (Å²) in [5.41, 5.74) is 3.15. The van der Waals surface area contributed by atoms with Gasteiger partial charge in [-0.05, 0) is 48.9 Å². The van der Waals surface area contributed by atoms with E-state index in [0.717, 1.165) is 36.9 Å². The van der Waals surface area contributed by atoms with Gasteiger partial charge in [-0.1, -0.05) is 49.4 Å². The van der Waals surface area contributed by atoms with Crippen LogP contribution in [0.5, 0.6) is 0 Å². The summed E-state index contributed by atoms with van der Waals surface area (Å²) < 4.78 is 0. The van der Waals surface area contributed by atoms with Crippen LogP contribution in [0.25, 0.3) is 11.1 Å². The van der Waals surface area contributed by atoms with Gasteiger partial charge in [0.25, 0.3) is 5.91 Å². The minimum Gasteiger partial charge on any atom is -0.336 e. The van der Waals surface area contributed by atoms with Gasteiger partial charge in [0.05, 0.1) is 0 Å². The topological polar surface area (TPSA) is 20.3 Å². The molecule has 0 N–H and O–H groups in total. The lowest BCUT2D eigenvalue weighted by Gasteiger charge is -2.35. The summed E-state index contributed by atoms with van der Waals surface area (Å²) in [5.74, 6) is 0.186. The highest BCUT2D eigenvalue weighted by molar-refractivity contribution is 5.95. The second-order valence-electron chi connectivity index (χ2n) is 6.00. The van der Waals surface area contributed by atoms with Crippen molar-refractivity contribution in [1.82, 2.24) is 4.90 Å². The Morgan fingerprint density at radius 3 is 2.36 bits per heavy atom. The largest absolute Gasteiger partial charge is 0.336 e. The number of carbonyl (C=O) groups is 1. The van der Waals surface area contributed by atoms with Crippen LogP contribution in [-0.2, 0) is 0 Å². The number of likely N-dealkylation sites (tertiary alicyclic amines) is 1. The molecule has 22 heavy (non-hydrogen) atoms. The first-order valence-electron chi connectivity index (χ1n) is 8.26. The van der Waals surface area contributed by atoms with Crippen LogP contribution in [0.2, 0.25) is 0 Å². The molecule has 2 aromatic rings. The van der Waals surface area contributed by atoms with Crippen LogP contribution in [0.4, 0.5) is 0 Å². The van der Waals surface area contributed by atoms with E-state index < -0.39 is 0 Å². The van der Waals surface area contributed by atoms with E-state index in [9.17, 15) is 4.79 Å². The Bertz CT molecular complexity index is 618. The minimum atomic E-state index is 0.186. The van der Waals surface area contributed by atoms with Gasteiger partial charge in [0.2, 0.25) is 0 Å². The molecule has 0 aliphatic carbocycles. The Morgan fingerprint density at radius 2 is 1.68 bits per heavy atom. The van der Waals surface area contributed by atoms with E-state index >= 15 is 0 Å². The monoisotopic (exact) mass is 293 g/mol. The SMILES string of the molecule is CC[C@H]1CCCCN1C(=O)c1ccc(-c2ccccc2)cc1. The smallest absolute Gasteiger partial charge is 0.254 e. The van der Waals surface area contributed by atoms with Gasteiger partial charge in [-0.15, -0.1) is 0 Å². The standard InChI is InChI=1S/C20H23NO/c1-2-19-10-6-7-15-21(19)20(22)18-13-11-17(12-14-18)16-8-4-3-5-9-16/h3-5,8-9,11-14,19H,2,6-7,10,15H2,1H3/t19-/m0/s1. The Kier molecular flexibility index (Phi) is 4.57. The molecule has 0 radical (unpaired) electrons. The summed E-state index contributed by atoms with van der Waals surface area (Å²) in [6.07, 6.45) is 4.57. The van der Waals surface area contributed by atoms with Crippen molar-refractivity contribution < 1.29 is 4.79 Å². The van der Waals surface area contributed by atoms with E-state index in [1.165, 1.54) is 12.0 Å². The van der Waals surface area contributed by atoms with Gasteiger partial charge in [0.1, 0.15) is 0 Å². The summed E-state index contributed by atoms with van der Waals surface area (Å²) in [6.45, 7) is 3.08. The molecule has 114 valence electrons. The summed E-state index contributed by atoms with van der Waals surface area (Å²) >= 11 is 0. The molecule has 1 aliphatic heterocycles.